The van der Waals surface area contributed by atoms with E-state index in [1.807, 2.05) is 12.1 Å². The largest absolute Gasteiger partial charge is 0.482 e. The van der Waals surface area contributed by atoms with Crippen molar-refractivity contribution >= 4 is 50.7 Å². The highest BCUT2D eigenvalue weighted by molar-refractivity contribution is 9.10. The van der Waals surface area contributed by atoms with Gasteiger partial charge in [-0.25, -0.2) is 0 Å². The van der Waals surface area contributed by atoms with Crippen molar-refractivity contribution < 1.29 is 23.5 Å². The second kappa shape index (κ2) is 8.16. The van der Waals surface area contributed by atoms with Crippen LogP contribution in [0.3, 0.4) is 0 Å². The number of hydrogen-bond donors (Lipinski definition) is 1. The zero-order chi connectivity index (χ0) is 22.2. The molecule has 0 fully saturated rings. The first kappa shape index (κ1) is 20.3. The quantitative estimate of drug-likeness (QED) is 0.596. The Morgan fingerprint density at radius 2 is 1.94 bits per heavy atom. The fraction of sp³-hybridized carbons (Fsp3) is 0.174. The van der Waals surface area contributed by atoms with Crippen molar-refractivity contribution in [1.29, 1.82) is 0 Å². The Kier molecular flexibility index (Phi) is 5.18. The van der Waals surface area contributed by atoms with Gasteiger partial charge in [0.2, 0.25) is 5.91 Å². The summed E-state index contributed by atoms with van der Waals surface area (Å²) in [4.78, 5) is 40.8. The number of carbonyl (C=O) groups excluding carboxylic acids is 3. The number of fused-ring (bicyclic) bond motifs is 2. The smallest absolute Gasteiger partial charge is 0.265 e. The normalized spacial score (nSPS) is 14.6. The lowest BCUT2D eigenvalue weighted by molar-refractivity contribution is -0.123. The Morgan fingerprint density at radius 1 is 1.09 bits per heavy atom. The molecule has 0 atom stereocenters. The van der Waals surface area contributed by atoms with Gasteiger partial charge in [-0.3, -0.25) is 19.3 Å². The number of anilines is 3. The van der Waals surface area contributed by atoms with E-state index in [2.05, 4.69) is 21.2 Å². The molecule has 0 saturated carbocycles. The molecule has 0 saturated heterocycles. The highest BCUT2D eigenvalue weighted by Crippen LogP contribution is 2.35. The van der Waals surface area contributed by atoms with Crippen molar-refractivity contribution in [3.8, 4) is 5.75 Å². The van der Waals surface area contributed by atoms with Crippen LogP contribution in [-0.4, -0.2) is 37.4 Å². The van der Waals surface area contributed by atoms with E-state index in [1.54, 1.807) is 35.2 Å². The Bertz CT molecular complexity index is 1220. The number of nitrogens with one attached hydrogen (secondary N) is 1. The first-order chi connectivity index (χ1) is 15.5. The van der Waals surface area contributed by atoms with E-state index in [9.17, 15) is 14.4 Å². The zero-order valence-electron chi connectivity index (χ0n) is 16.8. The maximum atomic E-state index is 12.7. The van der Waals surface area contributed by atoms with Gasteiger partial charge in [0.1, 0.15) is 18.6 Å². The molecular weight excluding hydrogens is 478 g/mol. The third-order valence-corrected chi connectivity index (χ3v) is 5.93. The maximum Gasteiger partial charge on any atom is 0.265 e. The van der Waals surface area contributed by atoms with Crippen LogP contribution in [0.2, 0.25) is 0 Å². The monoisotopic (exact) mass is 495 g/mol. The van der Waals surface area contributed by atoms with Crippen LogP contribution in [0.1, 0.15) is 15.9 Å². The highest BCUT2D eigenvalue weighted by Gasteiger charge is 2.29. The van der Waals surface area contributed by atoms with Crippen LogP contribution < -0.4 is 19.9 Å². The van der Waals surface area contributed by atoms with Gasteiger partial charge in [-0.05, 0) is 54.4 Å². The van der Waals surface area contributed by atoms with Crippen LogP contribution in [0.5, 0.6) is 5.75 Å². The molecule has 32 heavy (non-hydrogen) atoms. The molecule has 3 heterocycles. The third-order valence-electron chi connectivity index (χ3n) is 5.44. The molecule has 9 heteroatoms. The van der Waals surface area contributed by atoms with Gasteiger partial charge in [0.05, 0.1) is 17.5 Å². The van der Waals surface area contributed by atoms with Crippen molar-refractivity contribution in [2.24, 2.45) is 0 Å². The highest BCUT2D eigenvalue weighted by atomic mass is 79.9. The molecule has 1 N–H and O–H groups in total. The van der Waals surface area contributed by atoms with E-state index in [0.717, 1.165) is 15.7 Å². The van der Waals surface area contributed by atoms with E-state index in [-0.39, 0.29) is 30.9 Å². The van der Waals surface area contributed by atoms with Gasteiger partial charge in [0.25, 0.3) is 11.8 Å². The predicted octanol–water partition coefficient (Wildman–Crippen LogP) is 3.61. The summed E-state index contributed by atoms with van der Waals surface area (Å²) in [7, 11) is 0. The van der Waals surface area contributed by atoms with Crippen LogP contribution >= 0.6 is 15.9 Å². The Balaban J connectivity index is 1.29. The average molecular weight is 496 g/mol. The predicted molar refractivity (Wildman–Crippen MR) is 121 cm³/mol. The fourth-order valence-corrected chi connectivity index (χ4v) is 4.27. The third kappa shape index (κ3) is 3.75. The van der Waals surface area contributed by atoms with Gasteiger partial charge in [-0.1, -0.05) is 15.9 Å². The molecule has 2 aliphatic heterocycles. The van der Waals surface area contributed by atoms with Gasteiger partial charge in [0.15, 0.2) is 6.61 Å². The summed E-state index contributed by atoms with van der Waals surface area (Å²) in [6, 6.07) is 12.4. The number of hydrogen-bond acceptors (Lipinski definition) is 5. The number of amides is 3. The van der Waals surface area contributed by atoms with Gasteiger partial charge < -0.3 is 19.4 Å². The molecule has 3 aromatic rings. The molecule has 0 bridgehead atoms. The molecule has 0 spiro atoms. The molecule has 5 rings (SSSR count). The lowest BCUT2D eigenvalue weighted by Gasteiger charge is -2.29. The molecule has 3 amide bonds. The number of carbonyl (C=O) groups is 3. The number of rotatable bonds is 4. The topological polar surface area (TPSA) is 92.1 Å². The van der Waals surface area contributed by atoms with Gasteiger partial charge in [-0.2, -0.15) is 0 Å². The molecule has 1 aromatic heterocycles. The van der Waals surface area contributed by atoms with Crippen LogP contribution in [0.4, 0.5) is 17.1 Å². The fourth-order valence-electron chi connectivity index (χ4n) is 3.93. The Labute approximate surface area is 191 Å². The minimum atomic E-state index is -0.321. The summed E-state index contributed by atoms with van der Waals surface area (Å²) in [5, 5.41) is 2.85. The lowest BCUT2D eigenvalue weighted by atomic mass is 10.1. The van der Waals surface area contributed by atoms with Crippen molar-refractivity contribution in [2.45, 2.75) is 6.42 Å². The molecule has 0 unspecified atom stereocenters. The van der Waals surface area contributed by atoms with Crippen LogP contribution in [0, 0.1) is 0 Å². The molecule has 2 aliphatic rings. The molecule has 0 aliphatic carbocycles. The minimum Gasteiger partial charge on any atom is -0.482 e. The Hall–Kier alpha value is -3.59. The van der Waals surface area contributed by atoms with E-state index in [1.165, 1.54) is 17.4 Å². The van der Waals surface area contributed by atoms with E-state index < -0.39 is 0 Å². The second-order valence-electron chi connectivity index (χ2n) is 7.49. The first-order valence-electron chi connectivity index (χ1n) is 9.99. The number of ether oxygens (including phenoxy) is 1. The summed E-state index contributed by atoms with van der Waals surface area (Å²) in [5.74, 6) is -0.173. The molecule has 0 radical (unpaired) electrons. The van der Waals surface area contributed by atoms with Gasteiger partial charge in [0, 0.05) is 22.4 Å². The van der Waals surface area contributed by atoms with Crippen LogP contribution in [0.15, 0.2) is 63.9 Å². The second-order valence-corrected chi connectivity index (χ2v) is 8.41. The number of halogens is 1. The molecule has 8 nitrogen and oxygen atoms in total. The molecule has 162 valence electrons. The van der Waals surface area contributed by atoms with Crippen LogP contribution in [0.25, 0.3) is 0 Å². The minimum absolute atomic E-state index is 0.115. The van der Waals surface area contributed by atoms with Gasteiger partial charge >= 0.3 is 0 Å². The maximum absolute atomic E-state index is 12.7. The van der Waals surface area contributed by atoms with E-state index in [0.29, 0.717) is 35.7 Å². The SMILES string of the molecule is O=C(CN1C(=O)COc2cc(Br)ccc21)Nc1ccc2c(c1)CCN2C(=O)c1ccoc1. The first-order valence-corrected chi connectivity index (χ1v) is 10.8. The van der Waals surface area contributed by atoms with Gasteiger partial charge in [-0.15, -0.1) is 0 Å². The standard InChI is InChI=1S/C23H18BrN3O5/c24-16-1-3-19-20(10-16)32-13-22(29)27(19)11-21(28)25-17-2-4-18-14(9-17)5-7-26(18)23(30)15-6-8-31-12-15/h1-4,6,8-10,12H,5,7,11,13H2,(H,25,28). The number of benzene rings is 2. The summed E-state index contributed by atoms with van der Waals surface area (Å²) in [5.41, 5.74) is 3.46. The van der Waals surface area contributed by atoms with E-state index >= 15 is 0 Å². The summed E-state index contributed by atoms with van der Waals surface area (Å²) >= 11 is 3.38. The van der Waals surface area contributed by atoms with Crippen molar-refractivity contribution in [2.75, 3.05) is 34.8 Å². The van der Waals surface area contributed by atoms with Crippen molar-refractivity contribution in [3.63, 3.8) is 0 Å². The van der Waals surface area contributed by atoms with E-state index in [4.69, 9.17) is 9.15 Å². The summed E-state index contributed by atoms with van der Waals surface area (Å²) in [6.45, 7) is 0.320. The number of nitrogens with zero attached hydrogens (tertiary/aromatic N) is 2. The average Bonchev–Trinajstić information content (AvgIpc) is 3.45. The van der Waals surface area contributed by atoms with Crippen molar-refractivity contribution in [3.05, 3.63) is 70.6 Å². The number of furan rings is 1. The Morgan fingerprint density at radius 3 is 2.75 bits per heavy atom. The summed E-state index contributed by atoms with van der Waals surface area (Å²) in [6.07, 6.45) is 3.59. The molecular formula is C23H18BrN3O5. The van der Waals surface area contributed by atoms with Crippen LogP contribution in [-0.2, 0) is 16.0 Å². The summed E-state index contributed by atoms with van der Waals surface area (Å²) < 4.78 is 11.3. The molecule has 2 aromatic carbocycles. The van der Waals surface area contributed by atoms with Crippen molar-refractivity contribution in [1.82, 2.24) is 0 Å². The lowest BCUT2D eigenvalue weighted by Crippen LogP contribution is -2.43. The zero-order valence-corrected chi connectivity index (χ0v) is 18.4.